The molecule has 1 aliphatic heterocycles. The van der Waals surface area contributed by atoms with Crippen molar-refractivity contribution in [3.8, 4) is 5.75 Å². The highest BCUT2D eigenvalue weighted by molar-refractivity contribution is 5.95. The fraction of sp³-hybridized carbons (Fsp3) is 0.526. The van der Waals surface area contributed by atoms with Crippen LogP contribution in [-0.4, -0.2) is 38.4 Å². The Labute approximate surface area is 138 Å². The predicted octanol–water partition coefficient (Wildman–Crippen LogP) is 3.80. The summed E-state index contributed by atoms with van der Waals surface area (Å²) in [5.74, 6) is 1.54. The number of piperidine rings is 1. The van der Waals surface area contributed by atoms with Crippen LogP contribution in [0.3, 0.4) is 0 Å². The molecule has 0 radical (unpaired) electrons. The van der Waals surface area contributed by atoms with Crippen molar-refractivity contribution in [2.24, 2.45) is 5.92 Å². The van der Waals surface area contributed by atoms with Gasteiger partial charge in [-0.3, -0.25) is 0 Å². The molecular formula is C19H26N2O2. The number of fused-ring (bicyclic) bond motifs is 1. The lowest BCUT2D eigenvalue weighted by molar-refractivity contribution is 0.100. The molecule has 1 aliphatic rings. The topological polar surface area (TPSA) is 34.6 Å². The van der Waals surface area contributed by atoms with Gasteiger partial charge in [0.25, 0.3) is 0 Å². The van der Waals surface area contributed by atoms with Crippen molar-refractivity contribution in [2.45, 2.75) is 26.7 Å². The molecule has 0 spiro atoms. The Balaban J connectivity index is 1.86. The first-order valence-electron chi connectivity index (χ1n) is 8.50. The highest BCUT2D eigenvalue weighted by Crippen LogP contribution is 2.34. The maximum atomic E-state index is 5.59. The zero-order chi connectivity index (χ0) is 16.2. The van der Waals surface area contributed by atoms with E-state index in [1.54, 1.807) is 7.11 Å². The molecule has 23 heavy (non-hydrogen) atoms. The minimum atomic E-state index is 0.690. The molecule has 1 fully saturated rings. The number of hydrogen-bond acceptors (Lipinski definition) is 4. The van der Waals surface area contributed by atoms with E-state index in [1.165, 1.54) is 23.9 Å². The monoisotopic (exact) mass is 314 g/mol. The van der Waals surface area contributed by atoms with Gasteiger partial charge < -0.3 is 14.4 Å². The number of pyridine rings is 1. The largest absolute Gasteiger partial charge is 0.494 e. The quantitative estimate of drug-likeness (QED) is 0.840. The molecule has 4 heteroatoms. The molecule has 0 atom stereocenters. The van der Waals surface area contributed by atoms with Gasteiger partial charge in [0.15, 0.2) is 0 Å². The molecule has 3 rings (SSSR count). The second-order valence-electron chi connectivity index (χ2n) is 6.23. The van der Waals surface area contributed by atoms with E-state index in [0.29, 0.717) is 5.92 Å². The fourth-order valence-electron chi connectivity index (χ4n) is 3.38. The second-order valence-corrected chi connectivity index (χ2v) is 6.23. The summed E-state index contributed by atoms with van der Waals surface area (Å²) in [6, 6.07) is 8.37. The van der Waals surface area contributed by atoms with Crippen molar-refractivity contribution < 1.29 is 9.47 Å². The average Bonchev–Trinajstić information content (AvgIpc) is 2.59. The molecule has 0 saturated carbocycles. The minimum absolute atomic E-state index is 0.690. The number of anilines is 1. The summed E-state index contributed by atoms with van der Waals surface area (Å²) in [4.78, 5) is 7.17. The Hall–Kier alpha value is -1.81. The molecule has 0 bridgehead atoms. The third kappa shape index (κ3) is 3.42. The third-order valence-corrected chi connectivity index (χ3v) is 4.64. The summed E-state index contributed by atoms with van der Waals surface area (Å²) in [5, 5.41) is 1.18. The van der Waals surface area contributed by atoms with Crippen molar-refractivity contribution in [2.75, 3.05) is 38.3 Å². The second kappa shape index (κ2) is 7.18. The normalized spacial score (nSPS) is 16.0. The maximum absolute atomic E-state index is 5.59. The Morgan fingerprint density at radius 2 is 2.04 bits per heavy atom. The summed E-state index contributed by atoms with van der Waals surface area (Å²) < 4.78 is 11.1. The van der Waals surface area contributed by atoms with Crippen molar-refractivity contribution in [1.82, 2.24) is 4.98 Å². The van der Waals surface area contributed by atoms with Gasteiger partial charge in [-0.25, -0.2) is 4.98 Å². The van der Waals surface area contributed by atoms with E-state index in [2.05, 4.69) is 35.9 Å². The number of rotatable bonds is 5. The Kier molecular flexibility index (Phi) is 5.01. The summed E-state index contributed by atoms with van der Waals surface area (Å²) in [7, 11) is 1.71. The SMILES string of the molecule is CCOCC1CCN(c2cc(C)nc3c(OC)cccc23)CC1. The molecule has 1 aromatic heterocycles. The van der Waals surface area contributed by atoms with Crippen LogP contribution in [0.25, 0.3) is 10.9 Å². The zero-order valence-electron chi connectivity index (χ0n) is 14.3. The Morgan fingerprint density at radius 1 is 1.26 bits per heavy atom. The number of aromatic nitrogens is 1. The van der Waals surface area contributed by atoms with E-state index in [1.807, 2.05) is 12.1 Å². The maximum Gasteiger partial charge on any atom is 0.145 e. The standard InChI is InChI=1S/C19H26N2O2/c1-4-23-13-15-8-10-21(11-9-15)17-12-14(2)20-19-16(17)6-5-7-18(19)22-3/h5-7,12,15H,4,8-11,13H2,1-3H3. The summed E-state index contributed by atoms with van der Waals surface area (Å²) in [5.41, 5.74) is 3.27. The van der Waals surface area contributed by atoms with Crippen LogP contribution in [0.4, 0.5) is 5.69 Å². The van der Waals surface area contributed by atoms with E-state index in [0.717, 1.165) is 43.3 Å². The highest BCUT2D eigenvalue weighted by atomic mass is 16.5. The average molecular weight is 314 g/mol. The van der Waals surface area contributed by atoms with E-state index in [9.17, 15) is 0 Å². The first-order valence-corrected chi connectivity index (χ1v) is 8.50. The van der Waals surface area contributed by atoms with Gasteiger partial charge >= 0.3 is 0 Å². The van der Waals surface area contributed by atoms with E-state index in [4.69, 9.17) is 9.47 Å². The molecule has 2 aromatic rings. The Morgan fingerprint density at radius 3 is 2.74 bits per heavy atom. The van der Waals surface area contributed by atoms with Gasteiger partial charge in [-0.2, -0.15) is 0 Å². The number of benzene rings is 1. The van der Waals surface area contributed by atoms with Gasteiger partial charge in [0.2, 0.25) is 0 Å². The third-order valence-electron chi connectivity index (χ3n) is 4.64. The van der Waals surface area contributed by atoms with E-state index < -0.39 is 0 Å². The van der Waals surface area contributed by atoms with Crippen molar-refractivity contribution in [1.29, 1.82) is 0 Å². The first-order chi connectivity index (χ1) is 11.2. The minimum Gasteiger partial charge on any atom is -0.494 e. The van der Waals surface area contributed by atoms with Crippen LogP contribution >= 0.6 is 0 Å². The lowest BCUT2D eigenvalue weighted by atomic mass is 9.97. The lowest BCUT2D eigenvalue weighted by Gasteiger charge is -2.34. The van der Waals surface area contributed by atoms with Crippen LogP contribution < -0.4 is 9.64 Å². The molecule has 124 valence electrons. The number of aryl methyl sites for hydroxylation is 1. The van der Waals surface area contributed by atoms with Crippen LogP contribution in [0.1, 0.15) is 25.5 Å². The fourth-order valence-corrected chi connectivity index (χ4v) is 3.38. The van der Waals surface area contributed by atoms with Crippen molar-refractivity contribution in [3.63, 3.8) is 0 Å². The van der Waals surface area contributed by atoms with Gasteiger partial charge in [-0.05, 0) is 44.7 Å². The number of nitrogens with zero attached hydrogens (tertiary/aromatic N) is 2. The van der Waals surface area contributed by atoms with E-state index in [-0.39, 0.29) is 0 Å². The van der Waals surface area contributed by atoms with E-state index >= 15 is 0 Å². The van der Waals surface area contributed by atoms with Crippen LogP contribution in [-0.2, 0) is 4.74 Å². The number of ether oxygens (including phenoxy) is 2. The van der Waals surface area contributed by atoms with Gasteiger partial charge in [0.05, 0.1) is 7.11 Å². The van der Waals surface area contributed by atoms with Gasteiger partial charge in [0.1, 0.15) is 11.3 Å². The molecule has 1 saturated heterocycles. The number of hydrogen-bond donors (Lipinski definition) is 0. The van der Waals surface area contributed by atoms with Crippen molar-refractivity contribution in [3.05, 3.63) is 30.0 Å². The predicted molar refractivity (Wildman–Crippen MR) is 94.5 cm³/mol. The molecule has 0 N–H and O–H groups in total. The lowest BCUT2D eigenvalue weighted by Crippen LogP contribution is -2.35. The van der Waals surface area contributed by atoms with Gasteiger partial charge in [0, 0.05) is 43.1 Å². The van der Waals surface area contributed by atoms with Crippen LogP contribution in [0.2, 0.25) is 0 Å². The van der Waals surface area contributed by atoms with Crippen LogP contribution in [0.5, 0.6) is 5.75 Å². The zero-order valence-corrected chi connectivity index (χ0v) is 14.3. The molecule has 4 nitrogen and oxygen atoms in total. The molecule has 0 aliphatic carbocycles. The smallest absolute Gasteiger partial charge is 0.145 e. The summed E-state index contributed by atoms with van der Waals surface area (Å²) in [6.07, 6.45) is 2.37. The van der Waals surface area contributed by atoms with Crippen LogP contribution in [0, 0.1) is 12.8 Å². The molecule has 1 aromatic carbocycles. The molecule has 0 unspecified atom stereocenters. The van der Waals surface area contributed by atoms with Crippen LogP contribution in [0.15, 0.2) is 24.3 Å². The van der Waals surface area contributed by atoms with Gasteiger partial charge in [-0.15, -0.1) is 0 Å². The number of methoxy groups -OCH3 is 1. The summed E-state index contributed by atoms with van der Waals surface area (Å²) in [6.45, 7) is 7.98. The number of para-hydroxylation sites is 1. The molecule has 2 heterocycles. The molecular weight excluding hydrogens is 288 g/mol. The summed E-state index contributed by atoms with van der Waals surface area (Å²) >= 11 is 0. The molecule has 0 amide bonds. The highest BCUT2D eigenvalue weighted by Gasteiger charge is 2.21. The van der Waals surface area contributed by atoms with Crippen molar-refractivity contribution >= 4 is 16.6 Å². The van der Waals surface area contributed by atoms with Gasteiger partial charge in [-0.1, -0.05) is 12.1 Å². The first kappa shape index (κ1) is 16.1. The Bertz CT molecular complexity index is 664.